The lowest BCUT2D eigenvalue weighted by atomic mass is 9.86. The lowest BCUT2D eigenvalue weighted by Crippen LogP contribution is -2.39. The molecule has 0 aliphatic heterocycles. The minimum atomic E-state index is -0.481. The highest BCUT2D eigenvalue weighted by Gasteiger charge is 2.27. The summed E-state index contributed by atoms with van der Waals surface area (Å²) in [6.45, 7) is 4.81. The molecule has 1 N–H and O–H groups in total. The monoisotopic (exact) mass is 293 g/mol. The van der Waals surface area contributed by atoms with Crippen LogP contribution in [0, 0.1) is 11.7 Å². The van der Waals surface area contributed by atoms with E-state index in [1.165, 1.54) is 6.07 Å². The van der Waals surface area contributed by atoms with Gasteiger partial charge in [-0.3, -0.25) is 4.79 Å². The Morgan fingerprint density at radius 3 is 2.71 bits per heavy atom. The molecule has 1 heterocycles. The van der Waals surface area contributed by atoms with Gasteiger partial charge in [0.2, 0.25) is 0 Å². The standard InChI is InChI=1S/C16H24FN3O/c1-4-18-15-14(9-12(17)10-19-15)16(21)20(3)13-7-5-11(2)6-8-13/h9-11,13H,4-8H2,1-3H3,(H,18,19). The van der Waals surface area contributed by atoms with Gasteiger partial charge in [-0.1, -0.05) is 6.92 Å². The molecule has 0 aromatic carbocycles. The van der Waals surface area contributed by atoms with Gasteiger partial charge in [0.1, 0.15) is 11.6 Å². The molecule has 0 atom stereocenters. The van der Waals surface area contributed by atoms with Crippen LogP contribution in [-0.4, -0.2) is 35.4 Å². The van der Waals surface area contributed by atoms with Gasteiger partial charge in [0.25, 0.3) is 5.91 Å². The predicted octanol–water partition coefficient (Wildman–Crippen LogP) is 3.30. The smallest absolute Gasteiger partial charge is 0.257 e. The summed E-state index contributed by atoms with van der Waals surface area (Å²) in [5.74, 6) is 0.556. The largest absolute Gasteiger partial charge is 0.370 e. The fraction of sp³-hybridized carbons (Fsp3) is 0.625. The van der Waals surface area contributed by atoms with Crippen LogP contribution in [0.4, 0.5) is 10.2 Å². The molecule has 1 aromatic heterocycles. The van der Waals surface area contributed by atoms with E-state index in [0.717, 1.165) is 37.8 Å². The van der Waals surface area contributed by atoms with Crippen LogP contribution in [0.3, 0.4) is 0 Å². The number of hydrogen-bond donors (Lipinski definition) is 1. The van der Waals surface area contributed by atoms with Crippen molar-refractivity contribution < 1.29 is 9.18 Å². The normalized spacial score (nSPS) is 21.9. The van der Waals surface area contributed by atoms with Crippen molar-refractivity contribution in [3.63, 3.8) is 0 Å². The SMILES string of the molecule is CCNc1ncc(F)cc1C(=O)N(C)C1CCC(C)CC1. The van der Waals surface area contributed by atoms with E-state index in [-0.39, 0.29) is 11.9 Å². The molecule has 116 valence electrons. The highest BCUT2D eigenvalue weighted by molar-refractivity contribution is 5.98. The van der Waals surface area contributed by atoms with Gasteiger partial charge in [0, 0.05) is 19.6 Å². The second-order valence-electron chi connectivity index (χ2n) is 5.91. The molecule has 1 fully saturated rings. The van der Waals surface area contributed by atoms with Crippen molar-refractivity contribution in [1.29, 1.82) is 0 Å². The summed E-state index contributed by atoms with van der Waals surface area (Å²) in [6, 6.07) is 1.52. The summed E-state index contributed by atoms with van der Waals surface area (Å²) in [4.78, 5) is 18.4. The van der Waals surface area contributed by atoms with E-state index < -0.39 is 5.82 Å². The van der Waals surface area contributed by atoms with Gasteiger partial charge in [-0.15, -0.1) is 0 Å². The molecule has 1 aliphatic rings. The summed E-state index contributed by atoms with van der Waals surface area (Å²) < 4.78 is 13.4. The average Bonchev–Trinajstić information content (AvgIpc) is 2.48. The minimum absolute atomic E-state index is 0.155. The molecule has 0 saturated heterocycles. The molecular formula is C16H24FN3O. The first-order chi connectivity index (χ1) is 10.0. The van der Waals surface area contributed by atoms with Crippen molar-refractivity contribution >= 4 is 11.7 Å². The molecule has 0 spiro atoms. The first-order valence-electron chi connectivity index (χ1n) is 7.69. The van der Waals surface area contributed by atoms with Crippen molar-refractivity contribution in [3.05, 3.63) is 23.6 Å². The number of halogens is 1. The molecular weight excluding hydrogens is 269 g/mol. The molecule has 4 nitrogen and oxygen atoms in total. The third kappa shape index (κ3) is 3.71. The molecule has 2 rings (SSSR count). The van der Waals surface area contributed by atoms with E-state index in [9.17, 15) is 9.18 Å². The average molecular weight is 293 g/mol. The number of nitrogens with zero attached hydrogens (tertiary/aromatic N) is 2. The number of pyridine rings is 1. The van der Waals surface area contributed by atoms with Crippen molar-refractivity contribution in [2.75, 3.05) is 18.9 Å². The lowest BCUT2D eigenvalue weighted by Gasteiger charge is -2.33. The van der Waals surface area contributed by atoms with Gasteiger partial charge in [0.15, 0.2) is 0 Å². The van der Waals surface area contributed by atoms with E-state index in [2.05, 4.69) is 17.2 Å². The molecule has 5 heteroatoms. The number of rotatable bonds is 4. The fourth-order valence-corrected chi connectivity index (χ4v) is 2.90. The van der Waals surface area contributed by atoms with Crippen molar-refractivity contribution in [2.24, 2.45) is 5.92 Å². The van der Waals surface area contributed by atoms with E-state index >= 15 is 0 Å². The molecule has 21 heavy (non-hydrogen) atoms. The van der Waals surface area contributed by atoms with Gasteiger partial charge in [-0.25, -0.2) is 9.37 Å². The van der Waals surface area contributed by atoms with Crippen LogP contribution in [-0.2, 0) is 0 Å². The summed E-state index contributed by atoms with van der Waals surface area (Å²) in [7, 11) is 1.81. The Kier molecular flexibility index (Phi) is 5.15. The van der Waals surface area contributed by atoms with Gasteiger partial charge in [-0.2, -0.15) is 0 Å². The summed E-state index contributed by atoms with van der Waals surface area (Å²) in [5, 5.41) is 3.02. The first kappa shape index (κ1) is 15.7. The number of hydrogen-bond acceptors (Lipinski definition) is 3. The van der Waals surface area contributed by atoms with Crippen molar-refractivity contribution in [1.82, 2.24) is 9.88 Å². The van der Waals surface area contributed by atoms with Crippen LogP contribution in [0.2, 0.25) is 0 Å². The zero-order valence-corrected chi connectivity index (χ0v) is 13.0. The van der Waals surface area contributed by atoms with Gasteiger partial charge in [-0.05, 0) is 44.6 Å². The van der Waals surface area contributed by atoms with Crippen LogP contribution in [0.5, 0.6) is 0 Å². The Hall–Kier alpha value is -1.65. The van der Waals surface area contributed by atoms with Crippen molar-refractivity contribution in [2.45, 2.75) is 45.6 Å². The van der Waals surface area contributed by atoms with E-state index in [1.807, 2.05) is 14.0 Å². The quantitative estimate of drug-likeness (QED) is 0.926. The highest BCUT2D eigenvalue weighted by Crippen LogP contribution is 2.28. The Balaban J connectivity index is 2.16. The van der Waals surface area contributed by atoms with E-state index in [1.54, 1.807) is 4.90 Å². The first-order valence-corrected chi connectivity index (χ1v) is 7.69. The Bertz CT molecular complexity index is 498. The lowest BCUT2D eigenvalue weighted by molar-refractivity contribution is 0.0679. The summed E-state index contributed by atoms with van der Waals surface area (Å²) >= 11 is 0. The molecule has 1 aromatic rings. The molecule has 1 saturated carbocycles. The number of aromatic nitrogens is 1. The Labute approximate surface area is 125 Å². The maximum absolute atomic E-state index is 13.4. The van der Waals surface area contributed by atoms with Crippen LogP contribution < -0.4 is 5.32 Å². The predicted molar refractivity (Wildman–Crippen MR) is 81.9 cm³/mol. The molecule has 0 unspecified atom stereocenters. The van der Waals surface area contributed by atoms with Crippen molar-refractivity contribution in [3.8, 4) is 0 Å². The maximum atomic E-state index is 13.4. The Morgan fingerprint density at radius 1 is 1.43 bits per heavy atom. The van der Waals surface area contributed by atoms with E-state index in [0.29, 0.717) is 17.9 Å². The van der Waals surface area contributed by atoms with Crippen LogP contribution >= 0.6 is 0 Å². The van der Waals surface area contributed by atoms with Crippen LogP contribution in [0.15, 0.2) is 12.3 Å². The second kappa shape index (κ2) is 6.87. The zero-order chi connectivity index (χ0) is 15.4. The van der Waals surface area contributed by atoms with E-state index in [4.69, 9.17) is 0 Å². The molecule has 0 radical (unpaired) electrons. The Morgan fingerprint density at radius 2 is 2.10 bits per heavy atom. The van der Waals surface area contributed by atoms with Gasteiger partial charge in [0.05, 0.1) is 11.8 Å². The fourth-order valence-electron chi connectivity index (χ4n) is 2.90. The molecule has 0 bridgehead atoms. The van der Waals surface area contributed by atoms with Gasteiger partial charge >= 0.3 is 0 Å². The van der Waals surface area contributed by atoms with Crippen LogP contribution in [0.1, 0.15) is 49.9 Å². The number of amides is 1. The topological polar surface area (TPSA) is 45.2 Å². The second-order valence-corrected chi connectivity index (χ2v) is 5.91. The van der Waals surface area contributed by atoms with Crippen LogP contribution in [0.25, 0.3) is 0 Å². The number of carbonyl (C=O) groups is 1. The minimum Gasteiger partial charge on any atom is -0.370 e. The van der Waals surface area contributed by atoms with Gasteiger partial charge < -0.3 is 10.2 Å². The number of carbonyl (C=O) groups excluding carboxylic acids is 1. The third-order valence-electron chi connectivity index (χ3n) is 4.28. The third-order valence-corrected chi connectivity index (χ3v) is 4.28. The number of anilines is 1. The molecule has 1 aliphatic carbocycles. The maximum Gasteiger partial charge on any atom is 0.257 e. The zero-order valence-electron chi connectivity index (χ0n) is 13.0. The number of nitrogens with one attached hydrogen (secondary N) is 1. The molecule has 1 amide bonds. The summed E-state index contributed by atoms with van der Waals surface area (Å²) in [6.07, 6.45) is 5.45. The summed E-state index contributed by atoms with van der Waals surface area (Å²) in [5.41, 5.74) is 0.318. The highest BCUT2D eigenvalue weighted by atomic mass is 19.1.